The molecule has 0 amide bonds. The third-order valence-corrected chi connectivity index (χ3v) is 5.01. The first-order valence-electron chi connectivity index (χ1n) is 5.46. The minimum Gasteiger partial charge on any atom is -0.301 e. The number of rotatable bonds is 4. The molecule has 6 heteroatoms. The van der Waals surface area contributed by atoms with Crippen molar-refractivity contribution in [1.29, 1.82) is 0 Å². The maximum atomic E-state index is 11.9. The van der Waals surface area contributed by atoms with Gasteiger partial charge >= 0.3 is 0 Å². The van der Waals surface area contributed by atoms with Gasteiger partial charge in [0.15, 0.2) is 0 Å². The predicted molar refractivity (Wildman–Crippen MR) is 60.9 cm³/mol. The monoisotopic (exact) mass is 235 g/mol. The summed E-state index contributed by atoms with van der Waals surface area (Å²) in [4.78, 5) is 2.26. The van der Waals surface area contributed by atoms with Crippen LogP contribution in [-0.4, -0.2) is 68.2 Å². The van der Waals surface area contributed by atoms with Crippen LogP contribution in [0.25, 0.3) is 0 Å². The second kappa shape index (κ2) is 5.25. The van der Waals surface area contributed by atoms with E-state index in [9.17, 15) is 8.42 Å². The summed E-state index contributed by atoms with van der Waals surface area (Å²) in [6.45, 7) is 8.37. The van der Waals surface area contributed by atoms with Gasteiger partial charge in [-0.3, -0.25) is 0 Å². The summed E-state index contributed by atoms with van der Waals surface area (Å²) in [5, 5.41) is 0. The number of likely N-dealkylation sites (N-methyl/N-ethyl adjacent to an activating group) is 1. The molecule has 0 bridgehead atoms. The topological polar surface area (TPSA) is 43.9 Å². The summed E-state index contributed by atoms with van der Waals surface area (Å²) < 4.78 is 26.9. The molecule has 0 aliphatic carbocycles. The minimum absolute atomic E-state index is 0.524. The van der Waals surface area contributed by atoms with Crippen molar-refractivity contribution in [3.05, 3.63) is 0 Å². The predicted octanol–water partition coefficient (Wildman–Crippen LogP) is -0.180. The van der Waals surface area contributed by atoms with Gasteiger partial charge in [0.25, 0.3) is 10.2 Å². The first-order chi connectivity index (χ1) is 7.02. The van der Waals surface area contributed by atoms with Crippen LogP contribution < -0.4 is 0 Å². The Labute approximate surface area is 92.8 Å². The average Bonchev–Trinajstić information content (AvgIpc) is 2.28. The highest BCUT2D eigenvalue weighted by Crippen LogP contribution is 2.10. The molecule has 0 aromatic heterocycles. The molecular weight excluding hydrogens is 214 g/mol. The van der Waals surface area contributed by atoms with Crippen LogP contribution in [0.15, 0.2) is 0 Å². The van der Waals surface area contributed by atoms with Gasteiger partial charge < -0.3 is 4.90 Å². The van der Waals surface area contributed by atoms with Gasteiger partial charge in [-0.25, -0.2) is 0 Å². The standard InChI is InChI=1S/C9H21N3O2S/c1-4-10(3)15(13,14)12-8-6-11(5-2)7-9-12/h4-9H2,1-3H3. The lowest BCUT2D eigenvalue weighted by atomic mass is 10.4. The van der Waals surface area contributed by atoms with E-state index in [1.54, 1.807) is 11.4 Å². The van der Waals surface area contributed by atoms with E-state index in [-0.39, 0.29) is 0 Å². The van der Waals surface area contributed by atoms with E-state index in [1.807, 2.05) is 6.92 Å². The van der Waals surface area contributed by atoms with Crippen molar-refractivity contribution in [3.8, 4) is 0 Å². The van der Waals surface area contributed by atoms with Gasteiger partial charge in [-0.1, -0.05) is 13.8 Å². The molecule has 1 aliphatic rings. The molecule has 5 nitrogen and oxygen atoms in total. The smallest absolute Gasteiger partial charge is 0.281 e. The number of nitrogens with zero attached hydrogens (tertiary/aromatic N) is 3. The molecule has 0 radical (unpaired) electrons. The van der Waals surface area contributed by atoms with Gasteiger partial charge in [-0.05, 0) is 6.54 Å². The zero-order chi connectivity index (χ0) is 11.5. The SMILES string of the molecule is CCN1CCN(S(=O)(=O)N(C)CC)CC1. The van der Waals surface area contributed by atoms with E-state index in [0.717, 1.165) is 19.6 Å². The van der Waals surface area contributed by atoms with Crippen LogP contribution in [0.5, 0.6) is 0 Å². The maximum absolute atomic E-state index is 11.9. The van der Waals surface area contributed by atoms with Crippen LogP contribution in [0.1, 0.15) is 13.8 Å². The first kappa shape index (κ1) is 12.9. The Bertz CT molecular complexity index is 284. The van der Waals surface area contributed by atoms with Gasteiger partial charge in [0.1, 0.15) is 0 Å². The molecule has 0 aromatic carbocycles. The Morgan fingerprint density at radius 3 is 2.07 bits per heavy atom. The van der Waals surface area contributed by atoms with Crippen molar-refractivity contribution >= 4 is 10.2 Å². The maximum Gasteiger partial charge on any atom is 0.281 e. The number of hydrogen-bond donors (Lipinski definition) is 0. The molecule has 0 spiro atoms. The summed E-state index contributed by atoms with van der Waals surface area (Å²) in [7, 11) is -1.58. The van der Waals surface area contributed by atoms with E-state index in [4.69, 9.17) is 0 Å². The van der Waals surface area contributed by atoms with Gasteiger partial charge in [-0.2, -0.15) is 17.0 Å². The van der Waals surface area contributed by atoms with Gasteiger partial charge in [0.05, 0.1) is 0 Å². The molecule has 0 unspecified atom stereocenters. The van der Waals surface area contributed by atoms with Crippen LogP contribution in [0.3, 0.4) is 0 Å². The highest BCUT2D eigenvalue weighted by molar-refractivity contribution is 7.86. The van der Waals surface area contributed by atoms with E-state index >= 15 is 0 Å². The van der Waals surface area contributed by atoms with Crippen molar-refractivity contribution in [3.63, 3.8) is 0 Å². The molecular formula is C9H21N3O2S. The van der Waals surface area contributed by atoms with Crippen molar-refractivity contribution in [2.45, 2.75) is 13.8 Å². The van der Waals surface area contributed by atoms with Crippen LogP contribution in [0.2, 0.25) is 0 Å². The first-order valence-corrected chi connectivity index (χ1v) is 6.85. The van der Waals surface area contributed by atoms with Crippen molar-refractivity contribution < 1.29 is 8.42 Å². The van der Waals surface area contributed by atoms with Crippen molar-refractivity contribution in [1.82, 2.24) is 13.5 Å². The highest BCUT2D eigenvalue weighted by atomic mass is 32.2. The summed E-state index contributed by atoms with van der Waals surface area (Å²) in [5.41, 5.74) is 0. The molecule has 1 rings (SSSR count). The third kappa shape index (κ3) is 2.90. The number of piperazine rings is 1. The van der Waals surface area contributed by atoms with Crippen LogP contribution >= 0.6 is 0 Å². The summed E-state index contributed by atoms with van der Waals surface area (Å²) >= 11 is 0. The zero-order valence-corrected chi connectivity index (χ0v) is 10.6. The molecule has 0 aromatic rings. The molecule has 0 atom stereocenters. The average molecular weight is 235 g/mol. The van der Waals surface area contributed by atoms with Crippen molar-refractivity contribution in [2.24, 2.45) is 0 Å². The van der Waals surface area contributed by atoms with Crippen molar-refractivity contribution in [2.75, 3.05) is 46.3 Å². The quantitative estimate of drug-likeness (QED) is 0.679. The van der Waals surface area contributed by atoms with E-state index in [1.165, 1.54) is 4.31 Å². The van der Waals surface area contributed by atoms with E-state index in [2.05, 4.69) is 11.8 Å². The molecule has 1 fully saturated rings. The Morgan fingerprint density at radius 1 is 1.13 bits per heavy atom. The lowest BCUT2D eigenvalue weighted by molar-refractivity contribution is 0.190. The largest absolute Gasteiger partial charge is 0.301 e. The van der Waals surface area contributed by atoms with E-state index < -0.39 is 10.2 Å². The molecule has 1 heterocycles. The van der Waals surface area contributed by atoms with Gasteiger partial charge in [0, 0.05) is 39.8 Å². The van der Waals surface area contributed by atoms with Crippen LogP contribution in [-0.2, 0) is 10.2 Å². The minimum atomic E-state index is -3.20. The second-order valence-electron chi connectivity index (χ2n) is 3.76. The molecule has 15 heavy (non-hydrogen) atoms. The van der Waals surface area contributed by atoms with Crippen LogP contribution in [0, 0.1) is 0 Å². The number of hydrogen-bond acceptors (Lipinski definition) is 3. The van der Waals surface area contributed by atoms with Crippen LogP contribution in [0.4, 0.5) is 0 Å². The van der Waals surface area contributed by atoms with Gasteiger partial charge in [0.2, 0.25) is 0 Å². The lowest BCUT2D eigenvalue weighted by Crippen LogP contribution is -2.52. The van der Waals surface area contributed by atoms with Gasteiger partial charge in [-0.15, -0.1) is 0 Å². The Kier molecular flexibility index (Phi) is 4.51. The third-order valence-electron chi connectivity index (χ3n) is 2.94. The second-order valence-corrected chi connectivity index (χ2v) is 5.79. The molecule has 0 N–H and O–H groups in total. The summed E-state index contributed by atoms with van der Waals surface area (Å²) in [5.74, 6) is 0. The molecule has 1 saturated heterocycles. The van der Waals surface area contributed by atoms with E-state index in [0.29, 0.717) is 19.6 Å². The lowest BCUT2D eigenvalue weighted by Gasteiger charge is -2.35. The fraction of sp³-hybridized carbons (Fsp3) is 1.00. The molecule has 0 saturated carbocycles. The summed E-state index contributed by atoms with van der Waals surface area (Å²) in [6, 6.07) is 0. The highest BCUT2D eigenvalue weighted by Gasteiger charge is 2.28. The summed E-state index contributed by atoms with van der Waals surface area (Å²) in [6.07, 6.45) is 0. The zero-order valence-electron chi connectivity index (χ0n) is 9.81. The fourth-order valence-corrected chi connectivity index (χ4v) is 2.98. The Balaban J connectivity index is 2.60. The fourth-order valence-electron chi connectivity index (χ4n) is 1.64. The Hall–Kier alpha value is -0.170. The Morgan fingerprint density at radius 2 is 1.67 bits per heavy atom. The molecule has 90 valence electrons. The normalized spacial score (nSPS) is 21.1. The molecule has 1 aliphatic heterocycles.